The minimum atomic E-state index is 0.0391. The van der Waals surface area contributed by atoms with Crippen molar-refractivity contribution in [1.82, 2.24) is 4.98 Å². The molecule has 0 saturated carbocycles. The van der Waals surface area contributed by atoms with Gasteiger partial charge >= 0.3 is 0 Å². The topological polar surface area (TPSA) is 47.0 Å². The fourth-order valence-electron chi connectivity index (χ4n) is 3.85. The molecule has 1 aliphatic heterocycles. The van der Waals surface area contributed by atoms with E-state index in [4.69, 9.17) is 31.2 Å². The fraction of sp³-hybridized carbons (Fsp3) is 0.154. The Morgan fingerprint density at radius 3 is 2.09 bits per heavy atom. The van der Waals surface area contributed by atoms with E-state index in [-0.39, 0.29) is 6.04 Å². The van der Waals surface area contributed by atoms with E-state index in [1.807, 2.05) is 65.7 Å². The molecule has 2 heterocycles. The molecule has 166 valence electrons. The van der Waals surface area contributed by atoms with E-state index in [0.29, 0.717) is 5.02 Å². The number of nitrogens with zero attached hydrogens (tertiary/aromatic N) is 3. The summed E-state index contributed by atoms with van der Waals surface area (Å²) >= 11 is 7.63. The maximum Gasteiger partial charge on any atom is 0.207 e. The van der Waals surface area contributed by atoms with Gasteiger partial charge in [0.05, 0.1) is 31.7 Å². The Morgan fingerprint density at radius 1 is 0.848 bits per heavy atom. The summed E-state index contributed by atoms with van der Waals surface area (Å²) in [7, 11) is 3.35. The van der Waals surface area contributed by atoms with Crippen LogP contribution in [-0.4, -0.2) is 24.9 Å². The number of benzene rings is 3. The lowest BCUT2D eigenvalue weighted by molar-refractivity contribution is 0.414. The lowest BCUT2D eigenvalue weighted by atomic mass is 9.98. The molecule has 1 aliphatic rings. The van der Waals surface area contributed by atoms with Crippen LogP contribution >= 0.6 is 22.9 Å². The van der Waals surface area contributed by atoms with Crippen molar-refractivity contribution < 1.29 is 9.47 Å². The lowest BCUT2D eigenvalue weighted by Crippen LogP contribution is -2.18. The van der Waals surface area contributed by atoms with Crippen LogP contribution in [0.5, 0.6) is 11.5 Å². The van der Waals surface area contributed by atoms with Gasteiger partial charge in [-0.1, -0.05) is 35.9 Å². The first-order chi connectivity index (χ1) is 16.1. The van der Waals surface area contributed by atoms with Crippen LogP contribution in [0.15, 0.2) is 83.3 Å². The molecule has 5 rings (SSSR count). The molecular formula is C26H22ClN3O2S. The third kappa shape index (κ3) is 4.45. The van der Waals surface area contributed by atoms with Crippen molar-refractivity contribution in [2.75, 3.05) is 19.2 Å². The maximum absolute atomic E-state index is 6.05. The highest BCUT2D eigenvalue weighted by atomic mass is 35.5. The number of rotatable bonds is 6. The summed E-state index contributed by atoms with van der Waals surface area (Å²) in [6, 6.07) is 24.0. The molecule has 0 amide bonds. The molecule has 4 aromatic rings. The van der Waals surface area contributed by atoms with Gasteiger partial charge in [0.1, 0.15) is 11.5 Å². The maximum atomic E-state index is 6.05. The van der Waals surface area contributed by atoms with Gasteiger partial charge in [-0.2, -0.15) is 5.10 Å². The highest BCUT2D eigenvalue weighted by molar-refractivity contribution is 7.14. The van der Waals surface area contributed by atoms with E-state index in [2.05, 4.69) is 17.5 Å². The zero-order valence-corrected chi connectivity index (χ0v) is 19.8. The number of thiazole rings is 1. The second kappa shape index (κ2) is 9.25. The van der Waals surface area contributed by atoms with Gasteiger partial charge in [0, 0.05) is 22.4 Å². The summed E-state index contributed by atoms with van der Waals surface area (Å²) in [5.74, 6) is 1.66. The average Bonchev–Trinajstić information content (AvgIpc) is 3.52. The van der Waals surface area contributed by atoms with E-state index in [9.17, 15) is 0 Å². The zero-order chi connectivity index (χ0) is 22.8. The molecule has 0 N–H and O–H groups in total. The lowest BCUT2D eigenvalue weighted by Gasteiger charge is -2.21. The molecule has 5 nitrogen and oxygen atoms in total. The van der Waals surface area contributed by atoms with Crippen LogP contribution in [0.4, 0.5) is 5.13 Å². The minimum absolute atomic E-state index is 0.0391. The molecule has 0 saturated heterocycles. The zero-order valence-electron chi connectivity index (χ0n) is 18.2. The summed E-state index contributed by atoms with van der Waals surface area (Å²) in [6.07, 6.45) is 0.772. The molecule has 0 radical (unpaired) electrons. The highest BCUT2D eigenvalue weighted by Crippen LogP contribution is 2.40. The first-order valence-electron chi connectivity index (χ1n) is 10.5. The van der Waals surface area contributed by atoms with Crippen molar-refractivity contribution in [3.63, 3.8) is 0 Å². The first kappa shape index (κ1) is 21.5. The standard InChI is InChI=1S/C26H22ClN3O2S/c1-31-21-11-5-17(6-12-21)23-15-25(19-7-13-22(32-2)14-8-19)30(29-23)26-28-24(16-33-26)18-3-9-20(27)10-4-18/h3-14,16,25H,15H2,1-2H3. The molecule has 1 aromatic heterocycles. The van der Waals surface area contributed by atoms with Crippen LogP contribution in [0.2, 0.25) is 5.02 Å². The Labute approximate surface area is 201 Å². The van der Waals surface area contributed by atoms with Crippen molar-refractivity contribution in [3.8, 4) is 22.8 Å². The van der Waals surface area contributed by atoms with Crippen LogP contribution < -0.4 is 14.5 Å². The molecule has 1 unspecified atom stereocenters. The Balaban J connectivity index is 1.51. The van der Waals surface area contributed by atoms with Gasteiger partial charge < -0.3 is 9.47 Å². The van der Waals surface area contributed by atoms with Crippen LogP contribution in [0, 0.1) is 0 Å². The van der Waals surface area contributed by atoms with Gasteiger partial charge in [-0.05, 0) is 59.7 Å². The van der Waals surface area contributed by atoms with Gasteiger partial charge in [-0.25, -0.2) is 9.99 Å². The molecule has 0 aliphatic carbocycles. The third-order valence-corrected chi connectivity index (χ3v) is 6.74. The summed E-state index contributed by atoms with van der Waals surface area (Å²) in [5.41, 5.74) is 5.19. The van der Waals surface area contributed by atoms with E-state index >= 15 is 0 Å². The fourth-order valence-corrected chi connectivity index (χ4v) is 4.81. The largest absolute Gasteiger partial charge is 0.497 e. The number of aromatic nitrogens is 1. The van der Waals surface area contributed by atoms with Crippen molar-refractivity contribution in [3.05, 3.63) is 94.3 Å². The van der Waals surface area contributed by atoms with E-state index in [0.717, 1.165) is 51.1 Å². The smallest absolute Gasteiger partial charge is 0.207 e. The third-order valence-electron chi connectivity index (χ3n) is 5.66. The molecule has 7 heteroatoms. The average molecular weight is 476 g/mol. The first-order valence-corrected chi connectivity index (χ1v) is 11.8. The van der Waals surface area contributed by atoms with Gasteiger partial charge in [-0.15, -0.1) is 11.3 Å². The van der Waals surface area contributed by atoms with Gasteiger partial charge in [-0.3, -0.25) is 0 Å². The molecule has 0 bridgehead atoms. The number of hydrogen-bond donors (Lipinski definition) is 0. The second-order valence-electron chi connectivity index (χ2n) is 7.64. The molecular weight excluding hydrogens is 454 g/mol. The van der Waals surface area contributed by atoms with Crippen LogP contribution in [0.1, 0.15) is 23.6 Å². The Kier molecular flexibility index (Phi) is 6.03. The van der Waals surface area contributed by atoms with Crippen molar-refractivity contribution in [1.29, 1.82) is 0 Å². The summed E-state index contributed by atoms with van der Waals surface area (Å²) in [5, 5.41) is 10.7. The number of halogens is 1. The highest BCUT2D eigenvalue weighted by Gasteiger charge is 2.31. The summed E-state index contributed by atoms with van der Waals surface area (Å²) < 4.78 is 10.7. The Bertz CT molecular complexity index is 1270. The molecule has 3 aromatic carbocycles. The summed E-state index contributed by atoms with van der Waals surface area (Å²) in [6.45, 7) is 0. The number of methoxy groups -OCH3 is 2. The quantitative estimate of drug-likeness (QED) is 0.306. The monoisotopic (exact) mass is 475 g/mol. The van der Waals surface area contributed by atoms with Crippen LogP contribution in [0.3, 0.4) is 0 Å². The minimum Gasteiger partial charge on any atom is -0.497 e. The van der Waals surface area contributed by atoms with E-state index < -0.39 is 0 Å². The molecule has 1 atom stereocenters. The SMILES string of the molecule is COc1ccc(C2=NN(c3nc(-c4ccc(Cl)cc4)cs3)C(c3ccc(OC)cc3)C2)cc1. The number of hydrazone groups is 1. The van der Waals surface area contributed by atoms with E-state index in [1.54, 1.807) is 25.6 Å². The Hall–Kier alpha value is -3.35. The van der Waals surface area contributed by atoms with Gasteiger partial charge in [0.15, 0.2) is 0 Å². The van der Waals surface area contributed by atoms with Crippen molar-refractivity contribution in [2.45, 2.75) is 12.5 Å². The number of hydrogen-bond acceptors (Lipinski definition) is 6. The predicted octanol–water partition coefficient (Wildman–Crippen LogP) is 6.84. The summed E-state index contributed by atoms with van der Waals surface area (Å²) in [4.78, 5) is 4.91. The van der Waals surface area contributed by atoms with Gasteiger partial charge in [0.2, 0.25) is 5.13 Å². The van der Waals surface area contributed by atoms with Crippen molar-refractivity contribution >= 4 is 33.8 Å². The van der Waals surface area contributed by atoms with E-state index in [1.165, 1.54) is 0 Å². The normalized spacial score (nSPS) is 15.4. The Morgan fingerprint density at radius 2 is 1.45 bits per heavy atom. The van der Waals surface area contributed by atoms with Crippen LogP contribution in [-0.2, 0) is 0 Å². The molecule has 0 spiro atoms. The second-order valence-corrected chi connectivity index (χ2v) is 8.91. The number of ether oxygens (including phenoxy) is 2. The molecule has 0 fully saturated rings. The van der Waals surface area contributed by atoms with Crippen molar-refractivity contribution in [2.24, 2.45) is 5.10 Å². The van der Waals surface area contributed by atoms with Gasteiger partial charge in [0.25, 0.3) is 0 Å². The number of anilines is 1. The van der Waals surface area contributed by atoms with Crippen LogP contribution in [0.25, 0.3) is 11.3 Å². The molecule has 33 heavy (non-hydrogen) atoms. The predicted molar refractivity (Wildman–Crippen MR) is 135 cm³/mol.